The van der Waals surface area contributed by atoms with Crippen molar-refractivity contribution in [1.82, 2.24) is 0 Å². The second-order valence-corrected chi connectivity index (χ2v) is 6.71. The zero-order valence-electron chi connectivity index (χ0n) is 14.0. The number of benzene rings is 1. The maximum absolute atomic E-state index is 12.6. The van der Waals surface area contributed by atoms with Crippen molar-refractivity contribution in [2.24, 2.45) is 5.92 Å². The molecule has 1 saturated heterocycles. The molecule has 1 aliphatic carbocycles. The van der Waals surface area contributed by atoms with Crippen LogP contribution in [-0.4, -0.2) is 24.8 Å². The van der Waals surface area contributed by atoms with Crippen molar-refractivity contribution in [1.29, 1.82) is 0 Å². The third-order valence-corrected chi connectivity index (χ3v) is 5.04. The summed E-state index contributed by atoms with van der Waals surface area (Å²) in [6.07, 6.45) is 2.21. The summed E-state index contributed by atoms with van der Waals surface area (Å²) in [7, 11) is 1.61. The van der Waals surface area contributed by atoms with Crippen LogP contribution in [0.4, 0.5) is 0 Å². The molecule has 124 valence electrons. The molecule has 1 fully saturated rings. The number of fused-ring (bicyclic) bond motifs is 1. The van der Waals surface area contributed by atoms with Crippen LogP contribution in [-0.2, 0) is 30.9 Å². The summed E-state index contributed by atoms with van der Waals surface area (Å²) in [6, 6.07) is 5.85. The Labute approximate surface area is 135 Å². The van der Waals surface area contributed by atoms with E-state index in [4.69, 9.17) is 14.2 Å². The number of hydrogen-bond donors (Lipinski definition) is 0. The van der Waals surface area contributed by atoms with E-state index in [1.807, 2.05) is 25.1 Å². The molecule has 5 nitrogen and oxygen atoms in total. The minimum atomic E-state index is -1.20. The maximum atomic E-state index is 12.6. The van der Waals surface area contributed by atoms with Crippen LogP contribution < -0.4 is 4.74 Å². The molecule has 0 aromatic heterocycles. The monoisotopic (exact) mass is 318 g/mol. The predicted molar refractivity (Wildman–Crippen MR) is 83.0 cm³/mol. The Bertz CT molecular complexity index is 643. The minimum Gasteiger partial charge on any atom is -0.497 e. The Morgan fingerprint density at radius 2 is 1.87 bits per heavy atom. The van der Waals surface area contributed by atoms with E-state index < -0.39 is 29.1 Å². The molecule has 1 aromatic carbocycles. The van der Waals surface area contributed by atoms with Crippen LogP contribution in [0.5, 0.6) is 5.75 Å². The van der Waals surface area contributed by atoms with Crippen LogP contribution >= 0.6 is 0 Å². The number of aryl methyl sites for hydroxylation is 1. The topological polar surface area (TPSA) is 61.8 Å². The summed E-state index contributed by atoms with van der Waals surface area (Å²) in [5, 5.41) is 0. The van der Waals surface area contributed by atoms with Gasteiger partial charge in [-0.2, -0.15) is 0 Å². The number of hydrogen-bond acceptors (Lipinski definition) is 5. The van der Waals surface area contributed by atoms with E-state index >= 15 is 0 Å². The van der Waals surface area contributed by atoms with Gasteiger partial charge >= 0.3 is 11.9 Å². The fourth-order valence-corrected chi connectivity index (χ4v) is 3.90. The van der Waals surface area contributed by atoms with Crippen molar-refractivity contribution < 1.29 is 23.8 Å². The van der Waals surface area contributed by atoms with Gasteiger partial charge in [0.25, 0.3) is 5.79 Å². The summed E-state index contributed by atoms with van der Waals surface area (Å²) in [5.74, 6) is -2.39. The Morgan fingerprint density at radius 3 is 2.43 bits per heavy atom. The van der Waals surface area contributed by atoms with Crippen molar-refractivity contribution in [2.45, 2.75) is 51.2 Å². The molecule has 1 atom stereocenters. The molecule has 1 aliphatic heterocycles. The van der Waals surface area contributed by atoms with E-state index in [2.05, 4.69) is 0 Å². The lowest BCUT2D eigenvalue weighted by Gasteiger charge is -2.41. The standard InChI is InChI=1S/C18H22O5/c1-5-18(14-15(19)22-17(2,3)23-16(14)20)9-8-11-6-7-12(21-4)10-13(11)18/h6-7,10,14H,5,8-9H2,1-4H3. The molecular weight excluding hydrogens is 296 g/mol. The number of esters is 2. The maximum Gasteiger partial charge on any atom is 0.324 e. The van der Waals surface area contributed by atoms with Gasteiger partial charge in [-0.3, -0.25) is 9.59 Å². The van der Waals surface area contributed by atoms with E-state index in [-0.39, 0.29) is 0 Å². The molecule has 0 N–H and O–H groups in total. The molecule has 2 aliphatic rings. The first-order valence-corrected chi connectivity index (χ1v) is 7.96. The molecule has 23 heavy (non-hydrogen) atoms. The predicted octanol–water partition coefficient (Wildman–Crippen LogP) is 2.74. The highest BCUT2D eigenvalue weighted by molar-refractivity contribution is 5.98. The summed E-state index contributed by atoms with van der Waals surface area (Å²) in [5.41, 5.74) is 1.56. The van der Waals surface area contributed by atoms with Gasteiger partial charge in [0.1, 0.15) is 5.75 Å². The fourth-order valence-electron chi connectivity index (χ4n) is 3.90. The van der Waals surface area contributed by atoms with E-state index in [1.165, 1.54) is 0 Å². The van der Waals surface area contributed by atoms with Crippen molar-refractivity contribution in [3.8, 4) is 5.75 Å². The highest BCUT2D eigenvalue weighted by atomic mass is 16.7. The largest absolute Gasteiger partial charge is 0.497 e. The van der Waals surface area contributed by atoms with Crippen LogP contribution in [0.15, 0.2) is 18.2 Å². The average Bonchev–Trinajstić information content (AvgIpc) is 2.84. The quantitative estimate of drug-likeness (QED) is 0.633. The number of ether oxygens (including phenoxy) is 3. The third-order valence-electron chi connectivity index (χ3n) is 5.04. The summed E-state index contributed by atoms with van der Waals surface area (Å²) in [6.45, 7) is 5.14. The second kappa shape index (κ2) is 5.25. The SMILES string of the molecule is CCC1(C2C(=O)OC(C)(C)OC2=O)CCc2ccc(OC)cc21. The molecule has 1 aromatic rings. The van der Waals surface area contributed by atoms with E-state index in [0.717, 1.165) is 29.7 Å². The second-order valence-electron chi connectivity index (χ2n) is 6.71. The molecule has 5 heteroatoms. The lowest BCUT2D eigenvalue weighted by molar-refractivity contribution is -0.243. The highest BCUT2D eigenvalue weighted by Crippen LogP contribution is 2.50. The lowest BCUT2D eigenvalue weighted by Crippen LogP contribution is -2.53. The lowest BCUT2D eigenvalue weighted by atomic mass is 9.68. The molecule has 0 saturated carbocycles. The van der Waals surface area contributed by atoms with Gasteiger partial charge in [-0.05, 0) is 42.5 Å². The molecule has 0 bridgehead atoms. The molecule has 3 rings (SSSR count). The van der Waals surface area contributed by atoms with Gasteiger partial charge in [0.2, 0.25) is 0 Å². The van der Waals surface area contributed by atoms with Gasteiger partial charge in [-0.15, -0.1) is 0 Å². The Hall–Kier alpha value is -2.04. The first-order valence-electron chi connectivity index (χ1n) is 7.96. The van der Waals surface area contributed by atoms with Gasteiger partial charge in [-0.25, -0.2) is 0 Å². The van der Waals surface area contributed by atoms with Crippen molar-refractivity contribution in [3.05, 3.63) is 29.3 Å². The van der Waals surface area contributed by atoms with Crippen molar-refractivity contribution >= 4 is 11.9 Å². The Kier molecular flexibility index (Phi) is 3.62. The number of carbonyl (C=O) groups excluding carboxylic acids is 2. The molecule has 1 heterocycles. The highest BCUT2D eigenvalue weighted by Gasteiger charge is 2.56. The van der Waals surface area contributed by atoms with Gasteiger partial charge in [0.15, 0.2) is 5.92 Å². The van der Waals surface area contributed by atoms with Gasteiger partial charge < -0.3 is 14.2 Å². The average molecular weight is 318 g/mol. The number of methoxy groups -OCH3 is 1. The van der Waals surface area contributed by atoms with E-state index in [1.54, 1.807) is 21.0 Å². The summed E-state index contributed by atoms with van der Waals surface area (Å²) in [4.78, 5) is 25.2. The van der Waals surface area contributed by atoms with Gasteiger partial charge in [0.05, 0.1) is 7.11 Å². The van der Waals surface area contributed by atoms with Crippen molar-refractivity contribution in [2.75, 3.05) is 7.11 Å². The number of carbonyl (C=O) groups is 2. The Balaban J connectivity index is 2.08. The smallest absolute Gasteiger partial charge is 0.324 e. The number of rotatable bonds is 3. The normalized spacial score (nSPS) is 26.4. The van der Waals surface area contributed by atoms with Crippen LogP contribution in [0.3, 0.4) is 0 Å². The van der Waals surface area contributed by atoms with Crippen LogP contribution in [0.25, 0.3) is 0 Å². The fraction of sp³-hybridized carbons (Fsp3) is 0.556. The van der Waals surface area contributed by atoms with Crippen molar-refractivity contribution in [3.63, 3.8) is 0 Å². The minimum absolute atomic E-state index is 0.497. The van der Waals surface area contributed by atoms with E-state index in [9.17, 15) is 9.59 Å². The van der Waals surface area contributed by atoms with E-state index in [0.29, 0.717) is 6.42 Å². The molecule has 0 spiro atoms. The van der Waals surface area contributed by atoms with Crippen LogP contribution in [0.1, 0.15) is 44.7 Å². The molecule has 1 unspecified atom stereocenters. The first kappa shape index (κ1) is 15.8. The summed E-state index contributed by atoms with van der Waals surface area (Å²) >= 11 is 0. The van der Waals surface area contributed by atoms with Crippen LogP contribution in [0, 0.1) is 5.92 Å². The molecule has 0 radical (unpaired) electrons. The first-order chi connectivity index (χ1) is 10.8. The van der Waals surface area contributed by atoms with Gasteiger partial charge in [-0.1, -0.05) is 13.0 Å². The Morgan fingerprint density at radius 1 is 1.22 bits per heavy atom. The number of cyclic esters (lactones) is 2. The zero-order valence-corrected chi connectivity index (χ0v) is 14.0. The molecular formula is C18H22O5. The summed E-state index contributed by atoms with van der Waals surface area (Å²) < 4.78 is 16.0. The molecule has 0 amide bonds. The zero-order chi connectivity index (χ0) is 16.8. The third kappa shape index (κ3) is 2.38. The van der Waals surface area contributed by atoms with Gasteiger partial charge in [0, 0.05) is 19.3 Å². The van der Waals surface area contributed by atoms with Crippen LogP contribution in [0.2, 0.25) is 0 Å².